The molecular formula is C33H36FN3O4. The Hall–Kier alpha value is -3.91. The number of carbonyl (C=O) groups excluding carboxylic acids is 1. The lowest BCUT2D eigenvalue weighted by molar-refractivity contribution is -0.0668. The third-order valence-corrected chi connectivity index (χ3v) is 7.87. The lowest BCUT2D eigenvalue weighted by Crippen LogP contribution is -2.49. The van der Waals surface area contributed by atoms with Gasteiger partial charge in [-0.25, -0.2) is 14.2 Å². The van der Waals surface area contributed by atoms with Crippen LogP contribution in [0.25, 0.3) is 0 Å². The number of hydrogen-bond acceptors (Lipinski definition) is 6. The first-order chi connectivity index (χ1) is 19.7. The van der Waals surface area contributed by atoms with Crippen LogP contribution in [-0.2, 0) is 27.2 Å². The Kier molecular flexibility index (Phi) is 7.20. The van der Waals surface area contributed by atoms with Crippen LogP contribution >= 0.6 is 0 Å². The van der Waals surface area contributed by atoms with E-state index in [0.29, 0.717) is 38.8 Å². The highest BCUT2D eigenvalue weighted by molar-refractivity contribution is 5.78. The Bertz CT molecular complexity index is 1420. The third kappa shape index (κ3) is 5.66. The van der Waals surface area contributed by atoms with E-state index in [4.69, 9.17) is 19.2 Å². The summed E-state index contributed by atoms with van der Waals surface area (Å²) in [5, 5.41) is 0. The smallest absolute Gasteiger partial charge is 0.410 e. The van der Waals surface area contributed by atoms with Crippen LogP contribution in [0.4, 0.5) is 9.18 Å². The van der Waals surface area contributed by atoms with Gasteiger partial charge in [-0.15, -0.1) is 0 Å². The quantitative estimate of drug-likeness (QED) is 0.410. The summed E-state index contributed by atoms with van der Waals surface area (Å²) in [5.74, 6) is -0.274. The largest absolute Gasteiger partial charge is 0.452 e. The van der Waals surface area contributed by atoms with Crippen molar-refractivity contribution in [2.45, 2.75) is 57.1 Å². The summed E-state index contributed by atoms with van der Waals surface area (Å²) in [4.78, 5) is 21.9. The molecule has 1 spiro atoms. The van der Waals surface area contributed by atoms with E-state index >= 15 is 0 Å². The van der Waals surface area contributed by atoms with Crippen molar-refractivity contribution in [3.8, 4) is 0 Å². The number of benzene rings is 3. The van der Waals surface area contributed by atoms with Gasteiger partial charge in [0.1, 0.15) is 17.5 Å². The lowest BCUT2D eigenvalue weighted by atomic mass is 9.88. The zero-order valence-corrected chi connectivity index (χ0v) is 23.8. The molecule has 0 aliphatic carbocycles. The molecule has 1 fully saturated rings. The summed E-state index contributed by atoms with van der Waals surface area (Å²) in [5.41, 5.74) is 2.95. The first kappa shape index (κ1) is 27.3. The van der Waals surface area contributed by atoms with Gasteiger partial charge in [-0.3, -0.25) is 0 Å². The molecule has 7 nitrogen and oxygen atoms in total. The molecular weight excluding hydrogens is 521 g/mol. The van der Waals surface area contributed by atoms with Gasteiger partial charge < -0.3 is 24.0 Å². The Morgan fingerprint density at radius 1 is 1.05 bits per heavy atom. The van der Waals surface area contributed by atoms with Crippen LogP contribution in [0, 0.1) is 5.82 Å². The zero-order valence-electron chi connectivity index (χ0n) is 23.8. The van der Waals surface area contributed by atoms with E-state index in [1.807, 2.05) is 75.4 Å². The highest BCUT2D eigenvalue weighted by Crippen LogP contribution is 2.40. The number of amidine groups is 1. The Morgan fingerprint density at radius 3 is 2.54 bits per heavy atom. The molecule has 1 amide bonds. The van der Waals surface area contributed by atoms with Crippen molar-refractivity contribution in [1.82, 2.24) is 9.80 Å². The van der Waals surface area contributed by atoms with Gasteiger partial charge in [0.05, 0.1) is 32.3 Å². The Labute approximate surface area is 240 Å². The number of carbonyl (C=O) groups is 1. The molecule has 3 atom stereocenters. The summed E-state index contributed by atoms with van der Waals surface area (Å²) in [7, 11) is 0. The number of hydrogen-bond donors (Lipinski definition) is 0. The Balaban J connectivity index is 1.28. The molecule has 0 saturated carbocycles. The predicted molar refractivity (Wildman–Crippen MR) is 154 cm³/mol. The molecule has 3 aromatic rings. The van der Waals surface area contributed by atoms with E-state index in [2.05, 4.69) is 17.0 Å². The molecule has 1 saturated heterocycles. The van der Waals surface area contributed by atoms with Gasteiger partial charge in [-0.1, -0.05) is 66.7 Å². The van der Waals surface area contributed by atoms with Crippen LogP contribution in [0.2, 0.25) is 0 Å². The van der Waals surface area contributed by atoms with Gasteiger partial charge in [0.2, 0.25) is 0 Å². The van der Waals surface area contributed by atoms with E-state index in [9.17, 15) is 9.18 Å². The van der Waals surface area contributed by atoms with E-state index in [1.165, 1.54) is 17.7 Å². The molecule has 3 aliphatic rings. The molecule has 8 heteroatoms. The summed E-state index contributed by atoms with van der Waals surface area (Å²) in [6, 6.07) is 25.3. The fraction of sp³-hybridized carbons (Fsp3) is 0.394. The highest BCUT2D eigenvalue weighted by Gasteiger charge is 2.56. The standard InChI is InChI=1S/C33H36FN3O4/c1-32(2,3)41-31(38)36-19-28(39-20-23-9-5-4-6-10-23)33(22-36)21-35-30(40-33)37-18-17-24-11-7-8-12-27(24)29(37)25-13-15-26(34)16-14-25/h4-16,28-29H,17-22H2,1-3H3/t28-,29-,33+/m0/s1. The zero-order chi connectivity index (χ0) is 28.6. The second-order valence-corrected chi connectivity index (χ2v) is 12.0. The van der Waals surface area contributed by atoms with Crippen LogP contribution in [0.15, 0.2) is 83.9 Å². The second-order valence-electron chi connectivity index (χ2n) is 12.0. The average molecular weight is 558 g/mol. The second kappa shape index (κ2) is 10.8. The minimum absolute atomic E-state index is 0.179. The number of halogens is 1. The topological polar surface area (TPSA) is 63.6 Å². The van der Waals surface area contributed by atoms with Crippen molar-refractivity contribution in [3.63, 3.8) is 0 Å². The van der Waals surface area contributed by atoms with Gasteiger partial charge >= 0.3 is 6.09 Å². The van der Waals surface area contributed by atoms with E-state index in [1.54, 1.807) is 4.90 Å². The van der Waals surface area contributed by atoms with Crippen molar-refractivity contribution in [1.29, 1.82) is 0 Å². The van der Waals surface area contributed by atoms with Crippen LogP contribution in [0.3, 0.4) is 0 Å². The molecule has 214 valence electrons. The summed E-state index contributed by atoms with van der Waals surface area (Å²) in [6.45, 7) is 7.67. The minimum Gasteiger partial charge on any atom is -0.452 e. The third-order valence-electron chi connectivity index (χ3n) is 7.87. The molecule has 0 bridgehead atoms. The van der Waals surface area contributed by atoms with Crippen LogP contribution in [-0.4, -0.2) is 65.4 Å². The SMILES string of the molecule is CC(C)(C)OC(=O)N1C[C@H](OCc2ccccc2)[C@@]2(CN=C(N3CCc4ccccc4[C@@H]3c3ccc(F)cc3)O2)C1. The summed E-state index contributed by atoms with van der Waals surface area (Å²) < 4.78 is 32.8. The first-order valence-corrected chi connectivity index (χ1v) is 14.2. The van der Waals surface area contributed by atoms with Gasteiger partial charge in [0.15, 0.2) is 5.60 Å². The van der Waals surface area contributed by atoms with Gasteiger partial charge in [0, 0.05) is 6.54 Å². The van der Waals surface area contributed by atoms with E-state index in [0.717, 1.165) is 23.1 Å². The van der Waals surface area contributed by atoms with Crippen molar-refractivity contribution >= 4 is 12.1 Å². The van der Waals surface area contributed by atoms with Crippen molar-refractivity contribution < 1.29 is 23.4 Å². The number of amides is 1. The fourth-order valence-corrected chi connectivity index (χ4v) is 5.92. The lowest BCUT2D eigenvalue weighted by Gasteiger charge is -2.39. The number of ether oxygens (including phenoxy) is 3. The van der Waals surface area contributed by atoms with Crippen molar-refractivity contribution in [3.05, 3.63) is 107 Å². The molecule has 0 aromatic heterocycles. The van der Waals surface area contributed by atoms with Crippen LogP contribution in [0.1, 0.15) is 49.1 Å². The van der Waals surface area contributed by atoms with Crippen molar-refractivity contribution in [2.24, 2.45) is 4.99 Å². The van der Waals surface area contributed by atoms with Gasteiger partial charge in [0.25, 0.3) is 6.02 Å². The first-order valence-electron chi connectivity index (χ1n) is 14.2. The molecule has 0 unspecified atom stereocenters. The minimum atomic E-state index is -0.842. The molecule has 0 N–H and O–H groups in total. The molecule has 3 aliphatic heterocycles. The molecule has 41 heavy (non-hydrogen) atoms. The molecule has 3 aromatic carbocycles. The van der Waals surface area contributed by atoms with Gasteiger partial charge in [-0.05, 0) is 61.6 Å². The summed E-state index contributed by atoms with van der Waals surface area (Å²) >= 11 is 0. The van der Waals surface area contributed by atoms with Gasteiger partial charge in [-0.2, -0.15) is 0 Å². The highest BCUT2D eigenvalue weighted by atomic mass is 19.1. The summed E-state index contributed by atoms with van der Waals surface area (Å²) in [6.07, 6.45) is 0.0370. The number of likely N-dealkylation sites (tertiary alicyclic amines) is 1. The molecule has 6 rings (SSSR count). The number of nitrogens with zero attached hydrogens (tertiary/aromatic N) is 3. The van der Waals surface area contributed by atoms with Crippen LogP contribution in [0.5, 0.6) is 0 Å². The maximum Gasteiger partial charge on any atom is 0.410 e. The molecule has 0 radical (unpaired) electrons. The maximum absolute atomic E-state index is 13.9. The average Bonchev–Trinajstić information content (AvgIpc) is 3.55. The predicted octanol–water partition coefficient (Wildman–Crippen LogP) is 5.73. The fourth-order valence-electron chi connectivity index (χ4n) is 5.92. The number of fused-ring (bicyclic) bond motifs is 1. The molecule has 3 heterocycles. The van der Waals surface area contributed by atoms with Crippen molar-refractivity contribution in [2.75, 3.05) is 26.2 Å². The number of aliphatic imine (C=N–C) groups is 1. The van der Waals surface area contributed by atoms with Crippen LogP contribution < -0.4 is 0 Å². The maximum atomic E-state index is 13.9. The monoisotopic (exact) mass is 557 g/mol. The number of rotatable bonds is 4. The Morgan fingerprint density at radius 2 is 1.78 bits per heavy atom. The normalized spacial score (nSPS) is 23.8. The van der Waals surface area contributed by atoms with E-state index in [-0.39, 0.29) is 11.9 Å². The van der Waals surface area contributed by atoms with E-state index < -0.39 is 23.4 Å².